The number of benzene rings is 2. The number of para-hydroxylation sites is 1. The number of rotatable bonds is 4. The van der Waals surface area contributed by atoms with Crippen LogP contribution in [0.5, 0.6) is 0 Å². The Labute approximate surface area is 164 Å². The molecule has 1 aliphatic heterocycles. The molecular weight excluding hydrogens is 358 g/mol. The minimum atomic E-state index is 0.482. The van der Waals surface area contributed by atoms with E-state index in [4.69, 9.17) is 17.2 Å². The standard InChI is InChI=1S/C21H23N3S2/c25-21(22-13-12-16-7-2-1-3-8-16)24-14-6-9-17(15-24)20-23-18-10-4-5-11-19(18)26-20/h1-5,7-8,10-11,17H,6,9,12-15H2,(H,22,25)/t17-/m1/s1. The molecule has 0 spiro atoms. The number of hydrogen-bond acceptors (Lipinski definition) is 3. The number of nitrogens with zero attached hydrogens (tertiary/aromatic N) is 2. The molecule has 1 aromatic heterocycles. The van der Waals surface area contributed by atoms with E-state index in [1.165, 1.54) is 28.1 Å². The highest BCUT2D eigenvalue weighted by atomic mass is 32.1. The largest absolute Gasteiger partial charge is 0.362 e. The summed E-state index contributed by atoms with van der Waals surface area (Å²) >= 11 is 7.49. The summed E-state index contributed by atoms with van der Waals surface area (Å²) in [7, 11) is 0. The van der Waals surface area contributed by atoms with Gasteiger partial charge in [-0.25, -0.2) is 4.98 Å². The maximum atomic E-state index is 5.65. The molecule has 0 bridgehead atoms. The molecule has 0 saturated carbocycles. The SMILES string of the molecule is S=C(NCCc1ccccc1)N1CCC[C@@H](c2nc3ccccc3s2)C1. The second-order valence-electron chi connectivity index (χ2n) is 6.77. The van der Waals surface area contributed by atoms with Crippen LogP contribution in [0.25, 0.3) is 10.2 Å². The van der Waals surface area contributed by atoms with E-state index < -0.39 is 0 Å². The normalized spacial score (nSPS) is 17.4. The predicted molar refractivity (Wildman–Crippen MR) is 114 cm³/mol. The van der Waals surface area contributed by atoms with Gasteiger partial charge in [0, 0.05) is 25.6 Å². The first kappa shape index (κ1) is 17.4. The van der Waals surface area contributed by atoms with E-state index in [2.05, 4.69) is 64.8 Å². The van der Waals surface area contributed by atoms with Crippen molar-refractivity contribution in [3.05, 3.63) is 65.2 Å². The lowest BCUT2D eigenvalue weighted by Gasteiger charge is -2.33. The molecule has 1 N–H and O–H groups in total. The van der Waals surface area contributed by atoms with Gasteiger partial charge in [-0.2, -0.15) is 0 Å². The molecule has 3 aromatic rings. The van der Waals surface area contributed by atoms with Crippen molar-refractivity contribution in [1.29, 1.82) is 0 Å². The third kappa shape index (κ3) is 4.05. The highest BCUT2D eigenvalue weighted by Gasteiger charge is 2.25. The molecule has 3 nitrogen and oxygen atoms in total. The van der Waals surface area contributed by atoms with E-state index in [9.17, 15) is 0 Å². The van der Waals surface area contributed by atoms with Crippen molar-refractivity contribution in [2.75, 3.05) is 19.6 Å². The van der Waals surface area contributed by atoms with Crippen molar-refractivity contribution in [2.24, 2.45) is 0 Å². The molecule has 1 aliphatic rings. The number of likely N-dealkylation sites (tertiary alicyclic amines) is 1. The van der Waals surface area contributed by atoms with Crippen molar-refractivity contribution < 1.29 is 0 Å². The fourth-order valence-electron chi connectivity index (χ4n) is 3.50. The summed E-state index contributed by atoms with van der Waals surface area (Å²) in [6, 6.07) is 19.0. The maximum Gasteiger partial charge on any atom is 0.168 e. The van der Waals surface area contributed by atoms with Gasteiger partial charge in [0.05, 0.1) is 15.2 Å². The fraction of sp³-hybridized carbons (Fsp3) is 0.333. The Balaban J connectivity index is 1.34. The van der Waals surface area contributed by atoms with Gasteiger partial charge in [0.15, 0.2) is 5.11 Å². The number of thiocarbonyl (C=S) groups is 1. The summed E-state index contributed by atoms with van der Waals surface area (Å²) in [5, 5.41) is 5.57. The van der Waals surface area contributed by atoms with Crippen molar-refractivity contribution in [2.45, 2.75) is 25.2 Å². The molecule has 2 aromatic carbocycles. The molecule has 0 amide bonds. The Morgan fingerprint density at radius 3 is 2.81 bits per heavy atom. The van der Waals surface area contributed by atoms with E-state index in [0.29, 0.717) is 5.92 Å². The van der Waals surface area contributed by atoms with Crippen LogP contribution in [0, 0.1) is 0 Å². The first-order chi connectivity index (χ1) is 12.8. The highest BCUT2D eigenvalue weighted by Crippen LogP contribution is 2.32. The minimum Gasteiger partial charge on any atom is -0.362 e. The Kier molecular flexibility index (Phi) is 5.46. The summed E-state index contributed by atoms with van der Waals surface area (Å²) in [6.45, 7) is 2.89. The van der Waals surface area contributed by atoms with E-state index in [0.717, 1.165) is 36.7 Å². The van der Waals surface area contributed by atoms with Crippen LogP contribution in [-0.4, -0.2) is 34.6 Å². The molecule has 0 aliphatic carbocycles. The molecule has 5 heteroatoms. The van der Waals surface area contributed by atoms with Crippen molar-refractivity contribution >= 4 is 38.9 Å². The van der Waals surface area contributed by atoms with Crippen molar-refractivity contribution in [1.82, 2.24) is 15.2 Å². The first-order valence-corrected chi connectivity index (χ1v) is 10.4. The predicted octanol–water partition coefficient (Wildman–Crippen LogP) is 4.59. The second kappa shape index (κ2) is 8.14. The van der Waals surface area contributed by atoms with Gasteiger partial charge in [-0.1, -0.05) is 42.5 Å². The van der Waals surface area contributed by atoms with E-state index in [1.807, 2.05) is 11.3 Å². The Morgan fingerprint density at radius 1 is 1.15 bits per heavy atom. The van der Waals surface area contributed by atoms with E-state index >= 15 is 0 Å². The van der Waals surface area contributed by atoms with Crippen LogP contribution >= 0.6 is 23.6 Å². The zero-order valence-electron chi connectivity index (χ0n) is 14.7. The average molecular weight is 382 g/mol. The third-order valence-corrected chi connectivity index (χ3v) is 6.50. The number of fused-ring (bicyclic) bond motifs is 1. The van der Waals surface area contributed by atoms with Gasteiger partial charge >= 0.3 is 0 Å². The van der Waals surface area contributed by atoms with Crippen LogP contribution in [0.1, 0.15) is 29.3 Å². The van der Waals surface area contributed by atoms with Gasteiger partial charge in [-0.05, 0) is 49.2 Å². The second-order valence-corrected chi connectivity index (χ2v) is 8.22. The molecule has 1 atom stereocenters. The molecule has 26 heavy (non-hydrogen) atoms. The molecule has 0 radical (unpaired) electrons. The summed E-state index contributed by atoms with van der Waals surface area (Å²) in [5.41, 5.74) is 2.46. The lowest BCUT2D eigenvalue weighted by molar-refractivity contribution is 0.305. The summed E-state index contributed by atoms with van der Waals surface area (Å²) in [6.07, 6.45) is 3.36. The molecule has 1 saturated heterocycles. The number of hydrogen-bond donors (Lipinski definition) is 1. The Hall–Kier alpha value is -1.98. The lowest BCUT2D eigenvalue weighted by atomic mass is 9.99. The average Bonchev–Trinajstić information content (AvgIpc) is 3.13. The Morgan fingerprint density at radius 2 is 1.96 bits per heavy atom. The lowest BCUT2D eigenvalue weighted by Crippen LogP contribution is -2.45. The van der Waals surface area contributed by atoms with E-state index in [-0.39, 0.29) is 0 Å². The first-order valence-electron chi connectivity index (χ1n) is 9.22. The van der Waals surface area contributed by atoms with Crippen LogP contribution in [-0.2, 0) is 6.42 Å². The minimum absolute atomic E-state index is 0.482. The van der Waals surface area contributed by atoms with Crippen molar-refractivity contribution in [3.8, 4) is 0 Å². The molecule has 134 valence electrons. The van der Waals surface area contributed by atoms with Gasteiger partial charge in [-0.3, -0.25) is 0 Å². The quantitative estimate of drug-likeness (QED) is 0.669. The molecule has 2 heterocycles. The van der Waals surface area contributed by atoms with Gasteiger partial charge < -0.3 is 10.2 Å². The van der Waals surface area contributed by atoms with Crippen LogP contribution in [0.4, 0.5) is 0 Å². The van der Waals surface area contributed by atoms with Crippen molar-refractivity contribution in [3.63, 3.8) is 0 Å². The highest BCUT2D eigenvalue weighted by molar-refractivity contribution is 7.80. The van der Waals surface area contributed by atoms with Crippen LogP contribution < -0.4 is 5.32 Å². The zero-order chi connectivity index (χ0) is 17.8. The van der Waals surface area contributed by atoms with Gasteiger partial charge in [0.25, 0.3) is 0 Å². The zero-order valence-corrected chi connectivity index (χ0v) is 16.4. The number of piperidine rings is 1. The van der Waals surface area contributed by atoms with Crippen LogP contribution in [0.2, 0.25) is 0 Å². The van der Waals surface area contributed by atoms with Gasteiger partial charge in [0.2, 0.25) is 0 Å². The molecular formula is C21H23N3S2. The monoisotopic (exact) mass is 381 g/mol. The molecule has 1 fully saturated rings. The number of thiazole rings is 1. The van der Waals surface area contributed by atoms with Gasteiger partial charge in [0.1, 0.15) is 0 Å². The third-order valence-electron chi connectivity index (χ3n) is 4.90. The number of nitrogens with one attached hydrogen (secondary N) is 1. The maximum absolute atomic E-state index is 5.65. The molecule has 4 rings (SSSR count). The topological polar surface area (TPSA) is 28.2 Å². The summed E-state index contributed by atoms with van der Waals surface area (Å²) in [4.78, 5) is 7.18. The van der Waals surface area contributed by atoms with Crippen LogP contribution in [0.15, 0.2) is 54.6 Å². The summed E-state index contributed by atoms with van der Waals surface area (Å²) in [5.74, 6) is 0.482. The van der Waals surface area contributed by atoms with Gasteiger partial charge in [-0.15, -0.1) is 11.3 Å². The molecule has 0 unspecified atom stereocenters. The number of aromatic nitrogens is 1. The van der Waals surface area contributed by atoms with Crippen LogP contribution in [0.3, 0.4) is 0 Å². The van der Waals surface area contributed by atoms with E-state index in [1.54, 1.807) is 0 Å². The smallest absolute Gasteiger partial charge is 0.168 e. The summed E-state index contributed by atoms with van der Waals surface area (Å²) < 4.78 is 1.28. The fourth-order valence-corrected chi connectivity index (χ4v) is 4.86. The Bertz CT molecular complexity index is 842.